The molecule has 3 atom stereocenters. The molecule has 19 heavy (non-hydrogen) atoms. The Morgan fingerprint density at radius 1 is 1.47 bits per heavy atom. The number of ether oxygens (including phenoxy) is 2. The van der Waals surface area contributed by atoms with Crippen molar-refractivity contribution < 1.29 is 24.2 Å². The molecule has 2 aliphatic heterocycles. The normalized spacial score (nSPS) is 30.6. The fraction of sp³-hybridized carbons (Fsp3) is 0.833. The first-order valence-corrected chi connectivity index (χ1v) is 6.59. The lowest BCUT2D eigenvalue weighted by Crippen LogP contribution is -2.49. The molecular formula is C12H20N2O5. The minimum atomic E-state index is -0.841. The van der Waals surface area contributed by atoms with Crippen LogP contribution < -0.4 is 5.32 Å². The van der Waals surface area contributed by atoms with E-state index in [4.69, 9.17) is 14.6 Å². The van der Waals surface area contributed by atoms with Crippen LogP contribution in [0.15, 0.2) is 0 Å². The molecule has 7 nitrogen and oxygen atoms in total. The van der Waals surface area contributed by atoms with Gasteiger partial charge in [-0.3, -0.25) is 4.79 Å². The second kappa shape index (κ2) is 6.21. The molecule has 0 aromatic carbocycles. The van der Waals surface area contributed by atoms with E-state index in [-0.39, 0.29) is 24.7 Å². The van der Waals surface area contributed by atoms with Crippen molar-refractivity contribution in [3.8, 4) is 0 Å². The maximum atomic E-state index is 12.0. The molecule has 0 aromatic heterocycles. The van der Waals surface area contributed by atoms with Crippen molar-refractivity contribution >= 4 is 12.0 Å². The molecule has 7 heteroatoms. The van der Waals surface area contributed by atoms with Gasteiger partial charge in [0, 0.05) is 19.7 Å². The van der Waals surface area contributed by atoms with E-state index in [1.807, 2.05) is 6.92 Å². The first-order valence-electron chi connectivity index (χ1n) is 6.59. The number of rotatable bonds is 4. The van der Waals surface area contributed by atoms with Gasteiger partial charge in [0.05, 0.1) is 25.2 Å². The number of aliphatic carboxylic acids is 1. The number of nitrogens with zero attached hydrogens (tertiary/aromatic N) is 1. The molecule has 0 saturated carbocycles. The van der Waals surface area contributed by atoms with Crippen molar-refractivity contribution in [1.29, 1.82) is 0 Å². The van der Waals surface area contributed by atoms with Crippen LogP contribution in [0.4, 0.5) is 4.79 Å². The van der Waals surface area contributed by atoms with E-state index in [2.05, 4.69) is 5.32 Å². The number of urea groups is 1. The fourth-order valence-electron chi connectivity index (χ4n) is 2.44. The van der Waals surface area contributed by atoms with Gasteiger partial charge in [0.15, 0.2) is 0 Å². The van der Waals surface area contributed by atoms with Gasteiger partial charge >= 0.3 is 12.0 Å². The van der Waals surface area contributed by atoms with Gasteiger partial charge in [-0.1, -0.05) is 0 Å². The average molecular weight is 272 g/mol. The van der Waals surface area contributed by atoms with E-state index in [9.17, 15) is 9.59 Å². The average Bonchev–Trinajstić information content (AvgIpc) is 2.99. The van der Waals surface area contributed by atoms with Crippen molar-refractivity contribution in [2.45, 2.75) is 25.5 Å². The Labute approximate surface area is 111 Å². The van der Waals surface area contributed by atoms with E-state index < -0.39 is 11.9 Å². The predicted octanol–water partition coefficient (Wildman–Crippen LogP) is -0.0936. The molecule has 0 radical (unpaired) electrons. The maximum Gasteiger partial charge on any atom is 0.317 e. The zero-order valence-corrected chi connectivity index (χ0v) is 11.0. The molecule has 2 aliphatic rings. The summed E-state index contributed by atoms with van der Waals surface area (Å²) >= 11 is 0. The number of hydrogen-bond donors (Lipinski definition) is 2. The van der Waals surface area contributed by atoms with Crippen LogP contribution in [0.5, 0.6) is 0 Å². The molecule has 2 rings (SSSR count). The van der Waals surface area contributed by atoms with Crippen molar-refractivity contribution in [3.63, 3.8) is 0 Å². The highest BCUT2D eigenvalue weighted by molar-refractivity contribution is 5.77. The summed E-state index contributed by atoms with van der Waals surface area (Å²) in [5.74, 6) is -1.29. The molecule has 2 heterocycles. The number of nitrogens with one attached hydrogen (secondary N) is 1. The summed E-state index contributed by atoms with van der Waals surface area (Å²) in [4.78, 5) is 24.4. The second-order valence-electron chi connectivity index (χ2n) is 4.86. The van der Waals surface area contributed by atoms with Gasteiger partial charge in [0.25, 0.3) is 0 Å². The third kappa shape index (κ3) is 3.36. The van der Waals surface area contributed by atoms with Crippen LogP contribution in [0.2, 0.25) is 0 Å². The van der Waals surface area contributed by atoms with Crippen LogP contribution in [0.3, 0.4) is 0 Å². The molecule has 108 valence electrons. The van der Waals surface area contributed by atoms with Gasteiger partial charge in [-0.25, -0.2) is 4.79 Å². The van der Waals surface area contributed by atoms with Gasteiger partial charge in [-0.2, -0.15) is 0 Å². The summed E-state index contributed by atoms with van der Waals surface area (Å²) in [6.07, 6.45) is 0.394. The van der Waals surface area contributed by atoms with Gasteiger partial charge in [-0.15, -0.1) is 0 Å². The second-order valence-corrected chi connectivity index (χ2v) is 4.86. The van der Waals surface area contributed by atoms with Crippen LogP contribution in [-0.2, 0) is 14.3 Å². The molecular weight excluding hydrogens is 252 g/mol. The molecule has 2 saturated heterocycles. The highest BCUT2D eigenvalue weighted by Crippen LogP contribution is 2.17. The van der Waals surface area contributed by atoms with Gasteiger partial charge < -0.3 is 24.8 Å². The highest BCUT2D eigenvalue weighted by Gasteiger charge is 2.35. The van der Waals surface area contributed by atoms with Crippen molar-refractivity contribution in [2.75, 3.05) is 32.9 Å². The highest BCUT2D eigenvalue weighted by atomic mass is 16.5. The third-order valence-corrected chi connectivity index (χ3v) is 3.54. The van der Waals surface area contributed by atoms with E-state index in [1.54, 1.807) is 4.90 Å². The van der Waals surface area contributed by atoms with Crippen LogP contribution in [0.1, 0.15) is 13.3 Å². The van der Waals surface area contributed by atoms with Crippen molar-refractivity contribution in [2.24, 2.45) is 5.92 Å². The zero-order chi connectivity index (χ0) is 13.8. The van der Waals surface area contributed by atoms with Crippen LogP contribution in [0, 0.1) is 5.92 Å². The van der Waals surface area contributed by atoms with Crippen LogP contribution >= 0.6 is 0 Å². The zero-order valence-electron chi connectivity index (χ0n) is 11.0. The van der Waals surface area contributed by atoms with Crippen molar-refractivity contribution in [1.82, 2.24) is 10.2 Å². The Morgan fingerprint density at radius 3 is 2.89 bits per heavy atom. The third-order valence-electron chi connectivity index (χ3n) is 3.54. The van der Waals surface area contributed by atoms with Gasteiger partial charge in [0.1, 0.15) is 6.10 Å². The van der Waals surface area contributed by atoms with Crippen LogP contribution in [0.25, 0.3) is 0 Å². The number of carboxylic acids is 1. The monoisotopic (exact) mass is 272 g/mol. The first kappa shape index (κ1) is 14.1. The molecule has 0 aliphatic carbocycles. The largest absolute Gasteiger partial charge is 0.481 e. The molecule has 2 fully saturated rings. The molecule has 2 N–H and O–H groups in total. The Hall–Kier alpha value is -1.34. The number of likely N-dealkylation sites (tertiary alicyclic amines) is 1. The smallest absolute Gasteiger partial charge is 0.317 e. The quantitative estimate of drug-likeness (QED) is 0.746. The molecule has 0 aromatic rings. The van der Waals surface area contributed by atoms with E-state index in [1.165, 1.54) is 0 Å². The first-order chi connectivity index (χ1) is 9.11. The molecule has 0 bridgehead atoms. The number of carbonyl (C=O) groups excluding carboxylic acids is 1. The standard InChI is InChI=1S/C12H20N2O5/c1-2-19-10-7-18-6-9(10)13-12(17)14-4-3-8(5-14)11(15)16/h8-10H,2-7H2,1H3,(H,13,17)(H,15,16)/t8?,9-,10-/m1/s1. The lowest BCUT2D eigenvalue weighted by molar-refractivity contribution is -0.141. The lowest BCUT2D eigenvalue weighted by atomic mass is 10.1. The molecule has 1 unspecified atom stereocenters. The van der Waals surface area contributed by atoms with E-state index in [0.29, 0.717) is 32.8 Å². The summed E-state index contributed by atoms with van der Waals surface area (Å²) in [7, 11) is 0. The summed E-state index contributed by atoms with van der Waals surface area (Å²) in [6.45, 7) is 4.15. The summed E-state index contributed by atoms with van der Waals surface area (Å²) in [6, 6.07) is -0.389. The minimum absolute atomic E-state index is 0.119. The van der Waals surface area contributed by atoms with E-state index >= 15 is 0 Å². The van der Waals surface area contributed by atoms with E-state index in [0.717, 1.165) is 0 Å². The molecule has 0 spiro atoms. The summed E-state index contributed by atoms with van der Waals surface area (Å²) in [5.41, 5.74) is 0. The minimum Gasteiger partial charge on any atom is -0.481 e. The Bertz CT molecular complexity index is 349. The Balaban J connectivity index is 1.82. The lowest BCUT2D eigenvalue weighted by Gasteiger charge is -2.23. The Kier molecular flexibility index (Phi) is 4.60. The Morgan fingerprint density at radius 2 is 2.26 bits per heavy atom. The van der Waals surface area contributed by atoms with Crippen LogP contribution in [-0.4, -0.2) is 67.1 Å². The summed E-state index contributed by atoms with van der Waals surface area (Å²) in [5, 5.41) is 11.8. The molecule has 2 amide bonds. The SMILES string of the molecule is CCO[C@@H]1COC[C@H]1NC(=O)N1CCC(C(=O)O)C1. The number of carboxylic acid groups (broad SMARTS) is 1. The van der Waals surface area contributed by atoms with Crippen molar-refractivity contribution in [3.05, 3.63) is 0 Å². The van der Waals surface area contributed by atoms with Gasteiger partial charge in [-0.05, 0) is 13.3 Å². The van der Waals surface area contributed by atoms with Gasteiger partial charge in [0.2, 0.25) is 0 Å². The predicted molar refractivity (Wildman–Crippen MR) is 65.9 cm³/mol. The topological polar surface area (TPSA) is 88.1 Å². The number of amides is 2. The number of carbonyl (C=O) groups is 2. The fourth-order valence-corrected chi connectivity index (χ4v) is 2.44. The maximum absolute atomic E-state index is 12.0. The summed E-state index contributed by atoms with van der Waals surface area (Å²) < 4.78 is 10.8. The number of hydrogen-bond acceptors (Lipinski definition) is 4.